The summed E-state index contributed by atoms with van der Waals surface area (Å²) in [7, 11) is 0. The van der Waals surface area contributed by atoms with E-state index in [9.17, 15) is 9.59 Å². The second kappa shape index (κ2) is 11.5. The first-order chi connectivity index (χ1) is 17.3. The van der Waals surface area contributed by atoms with Crippen LogP contribution in [0.2, 0.25) is 0 Å². The molecule has 0 fully saturated rings. The maximum atomic E-state index is 13.2. The predicted octanol–water partition coefficient (Wildman–Crippen LogP) is 5.11. The van der Waals surface area contributed by atoms with Crippen LogP contribution in [0.1, 0.15) is 44.4 Å². The van der Waals surface area contributed by atoms with Gasteiger partial charge in [0.1, 0.15) is 12.4 Å². The van der Waals surface area contributed by atoms with Crippen LogP contribution in [0.3, 0.4) is 0 Å². The number of esters is 1. The van der Waals surface area contributed by atoms with Crippen molar-refractivity contribution in [2.24, 2.45) is 4.99 Å². The van der Waals surface area contributed by atoms with Gasteiger partial charge in [-0.1, -0.05) is 59.8 Å². The van der Waals surface area contributed by atoms with Crippen LogP contribution in [0.5, 0.6) is 5.75 Å². The van der Waals surface area contributed by atoms with Crippen LogP contribution < -0.4 is 10.1 Å². The molecule has 0 unspecified atom stereocenters. The number of aliphatic imine (C=N–C) groups is 1. The Hall–Kier alpha value is -3.52. The van der Waals surface area contributed by atoms with Crippen LogP contribution >= 0.6 is 11.8 Å². The third-order valence-corrected chi connectivity index (χ3v) is 6.62. The topological polar surface area (TPSA) is 80.2 Å². The van der Waals surface area contributed by atoms with E-state index < -0.39 is 12.0 Å². The third-order valence-electron chi connectivity index (χ3n) is 5.73. The summed E-state index contributed by atoms with van der Waals surface area (Å²) in [6.07, 6.45) is -0.0978. The SMILES string of the molecule is CC1=C(C(=O)OC(C)C)[C@H](c2ccc(C)cc2)N2C(CC(=O)NCCOc3ccccc3)=CSC2=N1. The molecule has 0 saturated carbocycles. The smallest absolute Gasteiger partial charge is 0.338 e. The van der Waals surface area contributed by atoms with E-state index in [1.165, 1.54) is 11.8 Å². The second-order valence-corrected chi connectivity index (χ2v) is 9.78. The molecule has 0 radical (unpaired) electrons. The van der Waals surface area contributed by atoms with Crippen LogP contribution in [0.15, 0.2) is 82.0 Å². The standard InChI is InChI=1S/C28H31N3O4S/c1-18(2)35-27(33)25-20(4)30-28-31(26(25)21-12-10-19(3)11-13-21)22(17-36-28)16-24(32)29-14-15-34-23-8-6-5-7-9-23/h5-13,17-18,26H,14-16H2,1-4H3,(H,29,32)/t26-/m0/s1. The van der Waals surface area contributed by atoms with Gasteiger partial charge in [0.2, 0.25) is 5.91 Å². The fourth-order valence-electron chi connectivity index (χ4n) is 4.08. The van der Waals surface area contributed by atoms with Gasteiger partial charge >= 0.3 is 5.97 Å². The van der Waals surface area contributed by atoms with E-state index in [1.54, 1.807) is 0 Å². The van der Waals surface area contributed by atoms with Crippen molar-refractivity contribution < 1.29 is 19.1 Å². The van der Waals surface area contributed by atoms with Crippen LogP contribution in [-0.2, 0) is 14.3 Å². The number of benzene rings is 2. The number of carbonyl (C=O) groups is 2. The largest absolute Gasteiger partial charge is 0.492 e. The molecule has 2 aromatic rings. The van der Waals surface area contributed by atoms with Crippen LogP contribution in [0, 0.1) is 6.92 Å². The summed E-state index contributed by atoms with van der Waals surface area (Å²) in [6, 6.07) is 17.1. The summed E-state index contributed by atoms with van der Waals surface area (Å²) in [5, 5.41) is 5.60. The number of thioether (sulfide) groups is 1. The minimum atomic E-state index is -0.431. The predicted molar refractivity (Wildman–Crippen MR) is 142 cm³/mol. The quantitative estimate of drug-likeness (QED) is 0.377. The van der Waals surface area contributed by atoms with Crippen LogP contribution in [0.25, 0.3) is 0 Å². The van der Waals surface area contributed by atoms with E-state index in [1.807, 2.05) is 92.6 Å². The molecule has 0 aliphatic carbocycles. The molecule has 1 N–H and O–H groups in total. The van der Waals surface area contributed by atoms with Gasteiger partial charge in [-0.05, 0) is 50.8 Å². The highest BCUT2D eigenvalue weighted by molar-refractivity contribution is 8.16. The highest BCUT2D eigenvalue weighted by Crippen LogP contribution is 2.44. The Morgan fingerprint density at radius 3 is 2.50 bits per heavy atom. The van der Waals surface area contributed by atoms with Gasteiger partial charge in [0.15, 0.2) is 5.17 Å². The number of carbonyl (C=O) groups excluding carboxylic acids is 2. The van der Waals surface area contributed by atoms with Crippen LogP contribution in [-0.4, -0.2) is 41.2 Å². The van der Waals surface area contributed by atoms with E-state index in [2.05, 4.69) is 5.32 Å². The monoisotopic (exact) mass is 505 g/mol. The molecular weight excluding hydrogens is 474 g/mol. The zero-order valence-corrected chi connectivity index (χ0v) is 21.8. The lowest BCUT2D eigenvalue weighted by molar-refractivity contribution is -0.143. The molecule has 2 aliphatic rings. The zero-order valence-electron chi connectivity index (χ0n) is 21.0. The molecule has 1 atom stereocenters. The van der Waals surface area contributed by atoms with E-state index in [4.69, 9.17) is 14.5 Å². The first kappa shape index (κ1) is 25.6. The molecule has 2 aromatic carbocycles. The Morgan fingerprint density at radius 2 is 1.81 bits per heavy atom. The molecular formula is C28H31N3O4S. The number of para-hydroxylation sites is 1. The lowest BCUT2D eigenvalue weighted by Crippen LogP contribution is -2.38. The molecule has 7 nitrogen and oxygen atoms in total. The molecule has 8 heteroatoms. The molecule has 0 bridgehead atoms. The van der Waals surface area contributed by atoms with Gasteiger partial charge in [0.05, 0.1) is 36.4 Å². The molecule has 1 amide bonds. The molecule has 36 heavy (non-hydrogen) atoms. The first-order valence-electron chi connectivity index (χ1n) is 12.0. The molecule has 0 spiro atoms. The molecule has 188 valence electrons. The fourth-order valence-corrected chi connectivity index (χ4v) is 5.04. The molecule has 0 aromatic heterocycles. The van der Waals surface area contributed by atoms with E-state index >= 15 is 0 Å². The van der Waals surface area contributed by atoms with Crippen molar-refractivity contribution in [2.75, 3.05) is 13.2 Å². The number of allylic oxidation sites excluding steroid dienone is 1. The minimum Gasteiger partial charge on any atom is -0.492 e. The molecule has 0 saturated heterocycles. The van der Waals surface area contributed by atoms with E-state index in [0.717, 1.165) is 27.7 Å². The summed E-state index contributed by atoms with van der Waals surface area (Å²) in [4.78, 5) is 32.7. The van der Waals surface area contributed by atoms with E-state index in [0.29, 0.717) is 24.4 Å². The third kappa shape index (κ3) is 5.99. The number of amidine groups is 1. The summed E-state index contributed by atoms with van der Waals surface area (Å²) < 4.78 is 11.3. The van der Waals surface area contributed by atoms with Gasteiger partial charge in [0.25, 0.3) is 0 Å². The average molecular weight is 506 g/mol. The number of hydrogen-bond acceptors (Lipinski definition) is 7. The van der Waals surface area contributed by atoms with Gasteiger partial charge in [-0.2, -0.15) is 0 Å². The van der Waals surface area contributed by atoms with Gasteiger partial charge in [-0.15, -0.1) is 0 Å². The van der Waals surface area contributed by atoms with Crippen molar-refractivity contribution in [3.8, 4) is 5.75 Å². The maximum absolute atomic E-state index is 13.2. The number of ether oxygens (including phenoxy) is 2. The number of rotatable bonds is 9. The van der Waals surface area contributed by atoms with Crippen molar-refractivity contribution in [1.82, 2.24) is 10.2 Å². The lowest BCUT2D eigenvalue weighted by Gasteiger charge is -2.36. The fraction of sp³-hybridized carbons (Fsp3) is 0.321. The second-order valence-electron chi connectivity index (χ2n) is 8.95. The van der Waals surface area contributed by atoms with Crippen molar-refractivity contribution in [1.29, 1.82) is 0 Å². The van der Waals surface area contributed by atoms with Gasteiger partial charge in [-0.3, -0.25) is 4.79 Å². The highest BCUT2D eigenvalue weighted by atomic mass is 32.2. The Morgan fingerprint density at radius 1 is 1.08 bits per heavy atom. The van der Waals surface area contributed by atoms with Crippen LogP contribution in [0.4, 0.5) is 0 Å². The number of amides is 1. The number of aryl methyl sites for hydroxylation is 1. The summed E-state index contributed by atoms with van der Waals surface area (Å²) in [5.41, 5.74) is 3.96. The van der Waals surface area contributed by atoms with Gasteiger partial charge < -0.3 is 19.7 Å². The number of hydrogen-bond donors (Lipinski definition) is 1. The average Bonchev–Trinajstić information content (AvgIpc) is 3.23. The lowest BCUT2D eigenvalue weighted by atomic mass is 9.93. The zero-order chi connectivity index (χ0) is 25.7. The summed E-state index contributed by atoms with van der Waals surface area (Å²) >= 11 is 1.46. The van der Waals surface area contributed by atoms with Crippen molar-refractivity contribution in [3.05, 3.63) is 88.1 Å². The molecule has 4 rings (SSSR count). The van der Waals surface area contributed by atoms with Gasteiger partial charge in [0, 0.05) is 5.70 Å². The number of nitrogens with zero attached hydrogens (tertiary/aromatic N) is 2. The Balaban J connectivity index is 1.50. The Kier molecular flexibility index (Phi) is 8.15. The minimum absolute atomic E-state index is 0.125. The van der Waals surface area contributed by atoms with Gasteiger partial charge in [-0.25, -0.2) is 9.79 Å². The Labute approximate surface area is 216 Å². The normalized spacial score (nSPS) is 16.9. The Bertz CT molecular complexity index is 1200. The molecule has 2 aliphatic heterocycles. The van der Waals surface area contributed by atoms with Crippen molar-refractivity contribution in [2.45, 2.75) is 46.3 Å². The highest BCUT2D eigenvalue weighted by Gasteiger charge is 2.41. The first-order valence-corrected chi connectivity index (χ1v) is 12.9. The summed E-state index contributed by atoms with van der Waals surface area (Å²) in [5.74, 6) is 0.245. The summed E-state index contributed by atoms with van der Waals surface area (Å²) in [6.45, 7) is 8.28. The van der Waals surface area contributed by atoms with Crippen molar-refractivity contribution in [3.63, 3.8) is 0 Å². The maximum Gasteiger partial charge on any atom is 0.338 e. The van der Waals surface area contributed by atoms with Crippen molar-refractivity contribution >= 4 is 28.8 Å². The number of nitrogens with one attached hydrogen (secondary N) is 1. The van der Waals surface area contributed by atoms with E-state index in [-0.39, 0.29) is 18.4 Å². The molecule has 2 heterocycles. The number of fused-ring (bicyclic) bond motifs is 1.